The Kier molecular flexibility index (Phi) is 4.68. The molecule has 21 heavy (non-hydrogen) atoms. The third kappa shape index (κ3) is 3.46. The lowest BCUT2D eigenvalue weighted by atomic mass is 10.1. The Morgan fingerprint density at radius 3 is 2.48 bits per heavy atom. The molecule has 7 heteroatoms. The molecular formula is C14H18N6O. The summed E-state index contributed by atoms with van der Waals surface area (Å²) in [5, 5.41) is 2.88. The van der Waals surface area contributed by atoms with Crippen LogP contribution in [0.25, 0.3) is 0 Å². The summed E-state index contributed by atoms with van der Waals surface area (Å²) in [5.41, 5.74) is 13.7. The fourth-order valence-electron chi connectivity index (χ4n) is 1.79. The van der Waals surface area contributed by atoms with Crippen molar-refractivity contribution in [3.05, 3.63) is 35.4 Å². The molecule has 0 bridgehead atoms. The summed E-state index contributed by atoms with van der Waals surface area (Å²) in [6.45, 7) is 4.36. The molecule has 0 saturated carbocycles. The van der Waals surface area contributed by atoms with Crippen molar-refractivity contribution >= 4 is 24.2 Å². The maximum Gasteiger partial charge on any atom is 0.247 e. The molecule has 1 heterocycles. The quantitative estimate of drug-likeness (QED) is 0.693. The average Bonchev–Trinajstić information content (AvgIpc) is 2.52. The Balaban J connectivity index is 2.18. The molecule has 7 nitrogen and oxygen atoms in total. The number of aromatic nitrogens is 2. The van der Waals surface area contributed by atoms with E-state index >= 15 is 0 Å². The predicted octanol–water partition coefficient (Wildman–Crippen LogP) is 1.47. The molecule has 0 atom stereocenters. The highest BCUT2D eigenvalue weighted by Crippen LogP contribution is 2.32. The summed E-state index contributed by atoms with van der Waals surface area (Å²) in [7, 11) is 1.71. The van der Waals surface area contributed by atoms with E-state index in [0.29, 0.717) is 30.5 Å². The normalized spacial score (nSPS) is 10.2. The van der Waals surface area contributed by atoms with Crippen LogP contribution in [-0.4, -0.2) is 23.7 Å². The molecule has 0 spiro atoms. The van der Waals surface area contributed by atoms with E-state index in [4.69, 9.17) is 16.2 Å². The van der Waals surface area contributed by atoms with Crippen LogP contribution in [0.1, 0.15) is 11.1 Å². The first kappa shape index (κ1) is 14.7. The fourth-order valence-corrected chi connectivity index (χ4v) is 1.79. The molecule has 0 aliphatic rings. The van der Waals surface area contributed by atoms with Crippen LogP contribution in [0, 0.1) is 0 Å². The Labute approximate surface area is 123 Å². The van der Waals surface area contributed by atoms with Gasteiger partial charge >= 0.3 is 0 Å². The second-order valence-corrected chi connectivity index (χ2v) is 4.30. The zero-order valence-corrected chi connectivity index (χ0v) is 11.8. The highest BCUT2D eigenvalue weighted by Gasteiger charge is 2.13. The molecular weight excluding hydrogens is 268 g/mol. The van der Waals surface area contributed by atoms with Crippen molar-refractivity contribution in [2.75, 3.05) is 18.1 Å². The second-order valence-electron chi connectivity index (χ2n) is 4.30. The minimum Gasteiger partial charge on any atom is -0.471 e. The van der Waals surface area contributed by atoms with Gasteiger partial charge in [0.25, 0.3) is 0 Å². The van der Waals surface area contributed by atoms with E-state index in [1.165, 1.54) is 0 Å². The van der Waals surface area contributed by atoms with Crippen molar-refractivity contribution in [3.8, 4) is 5.88 Å². The molecule has 1 aromatic heterocycles. The van der Waals surface area contributed by atoms with Gasteiger partial charge in [0.1, 0.15) is 6.61 Å². The zero-order valence-electron chi connectivity index (χ0n) is 11.8. The Morgan fingerprint density at radius 1 is 1.24 bits per heavy atom. The topological polar surface area (TPSA) is 111 Å². The smallest absolute Gasteiger partial charge is 0.247 e. The van der Waals surface area contributed by atoms with E-state index in [0.717, 1.165) is 11.1 Å². The highest BCUT2D eigenvalue weighted by molar-refractivity contribution is 5.69. The van der Waals surface area contributed by atoms with Crippen LogP contribution < -0.4 is 21.5 Å². The Morgan fingerprint density at radius 2 is 1.90 bits per heavy atom. The van der Waals surface area contributed by atoms with Crippen molar-refractivity contribution in [1.29, 1.82) is 0 Å². The zero-order chi connectivity index (χ0) is 15.2. The van der Waals surface area contributed by atoms with Crippen molar-refractivity contribution in [2.24, 2.45) is 10.7 Å². The molecule has 1 aromatic carbocycles. The van der Waals surface area contributed by atoms with Gasteiger partial charge in [-0.15, -0.1) is 0 Å². The van der Waals surface area contributed by atoms with Gasteiger partial charge in [0.2, 0.25) is 11.8 Å². The summed E-state index contributed by atoms with van der Waals surface area (Å²) in [6, 6.07) is 7.82. The molecule has 0 aliphatic carbocycles. The number of nitrogen functional groups attached to an aromatic ring is 1. The number of nitrogens with two attached hydrogens (primary N) is 2. The van der Waals surface area contributed by atoms with Crippen LogP contribution >= 0.6 is 0 Å². The number of hydrogen-bond acceptors (Lipinski definition) is 7. The largest absolute Gasteiger partial charge is 0.471 e. The van der Waals surface area contributed by atoms with Crippen LogP contribution in [0.3, 0.4) is 0 Å². The van der Waals surface area contributed by atoms with E-state index in [1.54, 1.807) is 7.05 Å². The summed E-state index contributed by atoms with van der Waals surface area (Å²) in [6.07, 6.45) is 0. The van der Waals surface area contributed by atoms with Crippen LogP contribution in [-0.2, 0) is 13.2 Å². The van der Waals surface area contributed by atoms with Crippen LogP contribution in [0.2, 0.25) is 0 Å². The van der Waals surface area contributed by atoms with Gasteiger partial charge in [-0.25, -0.2) is 0 Å². The van der Waals surface area contributed by atoms with Gasteiger partial charge in [-0.05, 0) is 17.8 Å². The summed E-state index contributed by atoms with van der Waals surface area (Å²) in [5.74, 6) is 0.885. The average molecular weight is 286 g/mol. The van der Waals surface area contributed by atoms with Gasteiger partial charge in [0, 0.05) is 13.6 Å². The molecule has 0 radical (unpaired) electrons. The molecule has 0 amide bonds. The Bertz CT molecular complexity index is 626. The van der Waals surface area contributed by atoms with Gasteiger partial charge in [-0.2, -0.15) is 9.97 Å². The molecule has 2 rings (SSSR count). The third-order valence-corrected chi connectivity index (χ3v) is 2.90. The maximum atomic E-state index is 5.67. The number of anilines is 2. The summed E-state index contributed by atoms with van der Waals surface area (Å²) in [4.78, 5) is 12.0. The summed E-state index contributed by atoms with van der Waals surface area (Å²) < 4.78 is 5.67. The maximum absolute atomic E-state index is 5.67. The van der Waals surface area contributed by atoms with Crippen molar-refractivity contribution in [1.82, 2.24) is 9.97 Å². The van der Waals surface area contributed by atoms with Crippen LogP contribution in [0.15, 0.2) is 29.3 Å². The van der Waals surface area contributed by atoms with E-state index in [1.807, 2.05) is 24.3 Å². The van der Waals surface area contributed by atoms with E-state index < -0.39 is 0 Å². The number of ether oxygens (including phenoxy) is 1. The first-order chi connectivity index (χ1) is 10.2. The minimum absolute atomic E-state index is 0.111. The van der Waals surface area contributed by atoms with Crippen LogP contribution in [0.4, 0.5) is 17.5 Å². The first-order valence-corrected chi connectivity index (χ1v) is 6.40. The van der Waals surface area contributed by atoms with E-state index in [2.05, 4.69) is 27.0 Å². The molecule has 0 fully saturated rings. The lowest BCUT2D eigenvalue weighted by Crippen LogP contribution is -2.05. The molecule has 110 valence electrons. The Hall–Kier alpha value is -2.67. The molecule has 0 unspecified atom stereocenters. The standard InChI is InChI=1S/C14H18N6O/c1-17-11-12(18-2)19-14(16)20-13(11)21-8-10-5-3-9(7-15)4-6-10/h3-6H,1,7-8,15H2,2H3,(H3,16,18,19,20). The number of rotatable bonds is 6. The predicted molar refractivity (Wildman–Crippen MR) is 83.9 cm³/mol. The molecule has 5 N–H and O–H groups in total. The SMILES string of the molecule is C=Nc1c(NC)nc(N)nc1OCc1ccc(CN)cc1. The number of benzene rings is 1. The molecule has 0 aliphatic heterocycles. The van der Waals surface area contributed by atoms with Gasteiger partial charge < -0.3 is 21.5 Å². The van der Waals surface area contributed by atoms with Crippen LogP contribution in [0.5, 0.6) is 5.88 Å². The van der Waals surface area contributed by atoms with Crippen molar-refractivity contribution in [2.45, 2.75) is 13.2 Å². The number of nitrogens with zero attached hydrogens (tertiary/aromatic N) is 3. The number of nitrogens with one attached hydrogen (secondary N) is 1. The lowest BCUT2D eigenvalue weighted by Gasteiger charge is -2.11. The van der Waals surface area contributed by atoms with Gasteiger partial charge in [0.15, 0.2) is 11.5 Å². The number of hydrogen-bond donors (Lipinski definition) is 3. The van der Waals surface area contributed by atoms with Gasteiger partial charge in [-0.1, -0.05) is 24.3 Å². The highest BCUT2D eigenvalue weighted by atomic mass is 16.5. The lowest BCUT2D eigenvalue weighted by molar-refractivity contribution is 0.295. The molecule has 0 saturated heterocycles. The third-order valence-electron chi connectivity index (χ3n) is 2.90. The van der Waals surface area contributed by atoms with Crippen molar-refractivity contribution in [3.63, 3.8) is 0 Å². The van der Waals surface area contributed by atoms with E-state index in [9.17, 15) is 0 Å². The van der Waals surface area contributed by atoms with Gasteiger partial charge in [-0.3, -0.25) is 4.99 Å². The van der Waals surface area contributed by atoms with E-state index in [-0.39, 0.29) is 5.95 Å². The summed E-state index contributed by atoms with van der Waals surface area (Å²) >= 11 is 0. The fraction of sp³-hybridized carbons (Fsp3) is 0.214. The minimum atomic E-state index is 0.111. The monoisotopic (exact) mass is 286 g/mol. The second kappa shape index (κ2) is 6.67. The van der Waals surface area contributed by atoms with Gasteiger partial charge in [0.05, 0.1) is 0 Å². The number of aliphatic imine (C=N–C) groups is 1. The first-order valence-electron chi connectivity index (χ1n) is 6.40. The molecule has 2 aromatic rings. The van der Waals surface area contributed by atoms with Crippen molar-refractivity contribution < 1.29 is 4.74 Å².